The van der Waals surface area contributed by atoms with Crippen molar-refractivity contribution in [2.24, 2.45) is 5.92 Å². The van der Waals surface area contributed by atoms with Crippen molar-refractivity contribution < 1.29 is 8.42 Å². The van der Waals surface area contributed by atoms with E-state index >= 15 is 0 Å². The lowest BCUT2D eigenvalue weighted by molar-refractivity contribution is 0.314. The zero-order chi connectivity index (χ0) is 16.0. The van der Waals surface area contributed by atoms with Crippen molar-refractivity contribution >= 4 is 10.0 Å². The lowest BCUT2D eigenvalue weighted by Crippen LogP contribution is -2.45. The maximum atomic E-state index is 12.3. The molecule has 116 valence electrons. The summed E-state index contributed by atoms with van der Waals surface area (Å²) in [5.41, 5.74) is 0.927. The molecule has 21 heavy (non-hydrogen) atoms. The lowest BCUT2D eigenvalue weighted by Gasteiger charge is -2.25. The molecule has 1 aromatic rings. The van der Waals surface area contributed by atoms with Crippen molar-refractivity contribution in [3.8, 4) is 6.07 Å². The molecule has 0 fully saturated rings. The van der Waals surface area contributed by atoms with Crippen LogP contribution < -0.4 is 4.72 Å². The molecule has 1 aromatic carbocycles. The molecule has 0 aromatic heterocycles. The predicted octanol–water partition coefficient (Wildman–Crippen LogP) is 1.56. The van der Waals surface area contributed by atoms with Gasteiger partial charge in [0.15, 0.2) is 0 Å². The average Bonchev–Trinajstić information content (AvgIpc) is 2.37. The summed E-state index contributed by atoms with van der Waals surface area (Å²) in [5, 5.41) is 9.03. The van der Waals surface area contributed by atoms with Crippen molar-refractivity contribution in [3.05, 3.63) is 35.4 Å². The standard InChI is InChI=1S/C15H23N3O2S/c1-12(2)15(10-18(3)4)17-21(19,20)11-14-8-6-5-7-13(14)9-16/h5-8,12,15,17H,10-11H2,1-4H3. The van der Waals surface area contributed by atoms with Crippen LogP contribution in [-0.4, -0.2) is 40.0 Å². The van der Waals surface area contributed by atoms with E-state index in [0.717, 1.165) is 0 Å². The lowest BCUT2D eigenvalue weighted by atomic mass is 10.1. The molecule has 0 saturated carbocycles. The maximum Gasteiger partial charge on any atom is 0.216 e. The van der Waals surface area contributed by atoms with Crippen LogP contribution in [0.4, 0.5) is 0 Å². The molecule has 0 heterocycles. The molecule has 0 radical (unpaired) electrons. The van der Waals surface area contributed by atoms with Crippen LogP contribution in [0.25, 0.3) is 0 Å². The minimum Gasteiger partial charge on any atom is -0.308 e. The SMILES string of the molecule is CC(C)C(CN(C)C)NS(=O)(=O)Cc1ccccc1C#N. The maximum absolute atomic E-state index is 12.3. The van der Waals surface area contributed by atoms with Gasteiger partial charge >= 0.3 is 0 Å². The van der Waals surface area contributed by atoms with E-state index in [1.54, 1.807) is 24.3 Å². The topological polar surface area (TPSA) is 73.2 Å². The summed E-state index contributed by atoms with van der Waals surface area (Å²) in [4.78, 5) is 1.95. The van der Waals surface area contributed by atoms with E-state index in [0.29, 0.717) is 17.7 Å². The van der Waals surface area contributed by atoms with Crippen LogP contribution in [0.2, 0.25) is 0 Å². The van der Waals surface area contributed by atoms with Gasteiger partial charge in [0.25, 0.3) is 0 Å². The molecular weight excluding hydrogens is 286 g/mol. The number of nitrogens with one attached hydrogen (secondary N) is 1. The fourth-order valence-electron chi connectivity index (χ4n) is 2.01. The Morgan fingerprint density at radius 2 is 1.90 bits per heavy atom. The van der Waals surface area contributed by atoms with Crippen molar-refractivity contribution in [1.29, 1.82) is 5.26 Å². The number of nitrogens with zero attached hydrogens (tertiary/aromatic N) is 2. The number of nitriles is 1. The number of likely N-dealkylation sites (N-methyl/N-ethyl adjacent to an activating group) is 1. The van der Waals surface area contributed by atoms with E-state index in [2.05, 4.69) is 4.72 Å². The molecule has 0 aliphatic heterocycles. The van der Waals surface area contributed by atoms with E-state index in [1.807, 2.05) is 38.9 Å². The summed E-state index contributed by atoms with van der Waals surface area (Å²) >= 11 is 0. The first-order valence-electron chi connectivity index (χ1n) is 6.88. The van der Waals surface area contributed by atoms with Crippen LogP contribution in [0.15, 0.2) is 24.3 Å². The molecular formula is C15H23N3O2S. The summed E-state index contributed by atoms with van der Waals surface area (Å²) in [6.07, 6.45) is 0. The predicted molar refractivity (Wildman–Crippen MR) is 84.1 cm³/mol. The van der Waals surface area contributed by atoms with E-state index < -0.39 is 10.0 Å². The molecule has 0 aliphatic carbocycles. The zero-order valence-corrected chi connectivity index (χ0v) is 13.8. The number of hydrogen-bond donors (Lipinski definition) is 1. The van der Waals surface area contributed by atoms with E-state index in [1.165, 1.54) is 0 Å². The molecule has 0 amide bonds. The van der Waals surface area contributed by atoms with Gasteiger partial charge in [0.1, 0.15) is 0 Å². The third kappa shape index (κ3) is 5.84. The van der Waals surface area contributed by atoms with Gasteiger partial charge < -0.3 is 4.90 Å². The second-order valence-corrected chi connectivity index (χ2v) is 7.51. The minimum absolute atomic E-state index is 0.153. The average molecular weight is 309 g/mol. The van der Waals surface area contributed by atoms with Crippen molar-refractivity contribution in [2.75, 3.05) is 20.6 Å². The highest BCUT2D eigenvalue weighted by Gasteiger charge is 2.22. The normalized spacial score (nSPS) is 13.4. The number of benzene rings is 1. The molecule has 0 aliphatic rings. The van der Waals surface area contributed by atoms with Crippen molar-refractivity contribution in [1.82, 2.24) is 9.62 Å². The second-order valence-electron chi connectivity index (χ2n) is 5.76. The summed E-state index contributed by atoms with van der Waals surface area (Å²) in [6, 6.07) is 8.65. The molecule has 5 nitrogen and oxygen atoms in total. The molecule has 1 atom stereocenters. The Labute approximate surface area is 127 Å². The Balaban J connectivity index is 2.88. The number of sulfonamides is 1. The Morgan fingerprint density at radius 1 is 1.29 bits per heavy atom. The molecule has 0 saturated heterocycles. The molecule has 6 heteroatoms. The van der Waals surface area contributed by atoms with E-state index in [4.69, 9.17) is 5.26 Å². The van der Waals surface area contributed by atoms with Crippen LogP contribution in [0.5, 0.6) is 0 Å². The minimum atomic E-state index is -3.48. The van der Waals surface area contributed by atoms with Crippen LogP contribution in [-0.2, 0) is 15.8 Å². The van der Waals surface area contributed by atoms with E-state index in [9.17, 15) is 8.42 Å². The Hall–Kier alpha value is -1.42. The van der Waals surface area contributed by atoms with Gasteiger partial charge in [0, 0.05) is 12.6 Å². The third-order valence-electron chi connectivity index (χ3n) is 3.18. The summed E-state index contributed by atoms with van der Waals surface area (Å²) < 4.78 is 27.4. The smallest absolute Gasteiger partial charge is 0.216 e. The summed E-state index contributed by atoms with van der Waals surface area (Å²) in [5.74, 6) is 0.0151. The van der Waals surface area contributed by atoms with Crippen LogP contribution in [0, 0.1) is 17.2 Å². The van der Waals surface area contributed by atoms with Gasteiger partial charge in [-0.05, 0) is 31.6 Å². The van der Waals surface area contributed by atoms with Crippen LogP contribution >= 0.6 is 0 Å². The highest BCUT2D eigenvalue weighted by molar-refractivity contribution is 7.88. The first-order chi connectivity index (χ1) is 9.75. The molecule has 0 spiro atoms. The Morgan fingerprint density at radius 3 is 2.43 bits per heavy atom. The first-order valence-corrected chi connectivity index (χ1v) is 8.53. The fraction of sp³-hybridized carbons (Fsp3) is 0.533. The van der Waals surface area contributed by atoms with Gasteiger partial charge in [0.05, 0.1) is 17.4 Å². The largest absolute Gasteiger partial charge is 0.308 e. The number of hydrogen-bond acceptors (Lipinski definition) is 4. The molecule has 0 bridgehead atoms. The first kappa shape index (κ1) is 17.6. The van der Waals surface area contributed by atoms with Crippen molar-refractivity contribution in [2.45, 2.75) is 25.6 Å². The number of rotatable bonds is 7. The zero-order valence-electron chi connectivity index (χ0n) is 13.0. The van der Waals surface area contributed by atoms with Crippen molar-refractivity contribution in [3.63, 3.8) is 0 Å². The quantitative estimate of drug-likeness (QED) is 0.829. The van der Waals surface area contributed by atoms with Gasteiger partial charge in [-0.3, -0.25) is 0 Å². The van der Waals surface area contributed by atoms with Gasteiger partial charge in [0.2, 0.25) is 10.0 Å². The highest BCUT2D eigenvalue weighted by atomic mass is 32.2. The third-order valence-corrected chi connectivity index (χ3v) is 4.53. The summed E-state index contributed by atoms with van der Waals surface area (Å²) in [7, 11) is 0.338. The van der Waals surface area contributed by atoms with Crippen LogP contribution in [0.1, 0.15) is 25.0 Å². The highest BCUT2D eigenvalue weighted by Crippen LogP contribution is 2.13. The molecule has 1 N–H and O–H groups in total. The fourth-order valence-corrected chi connectivity index (χ4v) is 3.56. The van der Waals surface area contributed by atoms with Crippen LogP contribution in [0.3, 0.4) is 0 Å². The van der Waals surface area contributed by atoms with E-state index in [-0.39, 0.29) is 17.7 Å². The van der Waals surface area contributed by atoms with Gasteiger partial charge in [-0.25, -0.2) is 13.1 Å². The molecule has 1 unspecified atom stereocenters. The van der Waals surface area contributed by atoms with Gasteiger partial charge in [-0.2, -0.15) is 5.26 Å². The second kappa shape index (κ2) is 7.55. The summed E-state index contributed by atoms with van der Waals surface area (Å²) in [6.45, 7) is 4.61. The Bertz CT molecular complexity index is 604. The van der Waals surface area contributed by atoms with Gasteiger partial charge in [-0.15, -0.1) is 0 Å². The Kier molecular flexibility index (Phi) is 6.34. The molecule has 1 rings (SSSR count). The van der Waals surface area contributed by atoms with Gasteiger partial charge in [-0.1, -0.05) is 32.0 Å². The monoisotopic (exact) mass is 309 g/mol.